The van der Waals surface area contributed by atoms with Crippen molar-refractivity contribution in [1.82, 2.24) is 10.6 Å². The molecule has 2 N–H and O–H groups in total. The first kappa shape index (κ1) is 25.4. The number of Topliss-reactive ketones (excluding diaryl/α,β-unsaturated/α-hetero) is 1. The van der Waals surface area contributed by atoms with E-state index in [1.54, 1.807) is 31.2 Å². The summed E-state index contributed by atoms with van der Waals surface area (Å²) in [4.78, 5) is 46.8. The van der Waals surface area contributed by atoms with Crippen LogP contribution in [-0.4, -0.2) is 68.1 Å². The maximum Gasteiger partial charge on any atom is 0.303 e. The molecule has 0 saturated carbocycles. The molecule has 176 valence electrons. The summed E-state index contributed by atoms with van der Waals surface area (Å²) in [6.07, 6.45) is -2.49. The minimum Gasteiger partial charge on any atom is -0.463 e. The molecule has 32 heavy (non-hydrogen) atoms. The highest BCUT2D eigenvalue weighted by Crippen LogP contribution is 2.29. The van der Waals surface area contributed by atoms with Gasteiger partial charge in [-0.15, -0.1) is 0 Å². The van der Waals surface area contributed by atoms with Crippen molar-refractivity contribution in [2.75, 3.05) is 19.9 Å². The molecule has 1 aliphatic rings. The van der Waals surface area contributed by atoms with Gasteiger partial charge in [0.05, 0.1) is 12.6 Å². The predicted molar refractivity (Wildman–Crippen MR) is 112 cm³/mol. The fourth-order valence-corrected chi connectivity index (χ4v) is 3.44. The second-order valence-electron chi connectivity index (χ2n) is 7.53. The van der Waals surface area contributed by atoms with Gasteiger partial charge in [0.2, 0.25) is 5.91 Å². The summed E-state index contributed by atoms with van der Waals surface area (Å²) in [6.45, 7) is 5.51. The van der Waals surface area contributed by atoms with Crippen molar-refractivity contribution in [3.05, 3.63) is 35.9 Å². The molecule has 1 saturated heterocycles. The Kier molecular flexibility index (Phi) is 9.76. The number of rotatable bonds is 10. The smallest absolute Gasteiger partial charge is 0.303 e. The van der Waals surface area contributed by atoms with Crippen LogP contribution >= 0.6 is 0 Å². The third-order valence-corrected chi connectivity index (χ3v) is 4.91. The van der Waals surface area contributed by atoms with Gasteiger partial charge in [0.15, 0.2) is 12.1 Å². The second kappa shape index (κ2) is 12.3. The number of ketones is 1. The van der Waals surface area contributed by atoms with Crippen molar-refractivity contribution < 1.29 is 38.1 Å². The minimum atomic E-state index is -0.930. The van der Waals surface area contributed by atoms with E-state index in [2.05, 4.69) is 10.6 Å². The number of amides is 1. The van der Waals surface area contributed by atoms with Crippen LogP contribution < -0.4 is 10.6 Å². The summed E-state index contributed by atoms with van der Waals surface area (Å²) in [6, 6.07) is 8.18. The van der Waals surface area contributed by atoms with Gasteiger partial charge in [0.25, 0.3) is 0 Å². The van der Waals surface area contributed by atoms with Crippen molar-refractivity contribution in [2.24, 2.45) is 5.92 Å². The van der Waals surface area contributed by atoms with E-state index in [4.69, 9.17) is 18.9 Å². The maximum atomic E-state index is 12.2. The number of hydrogen-bond acceptors (Lipinski definition) is 9. The molecule has 0 bridgehead atoms. The summed E-state index contributed by atoms with van der Waals surface area (Å²) in [5.74, 6) is -1.86. The molecule has 10 nitrogen and oxygen atoms in total. The van der Waals surface area contributed by atoms with E-state index >= 15 is 0 Å². The van der Waals surface area contributed by atoms with Crippen LogP contribution in [0.1, 0.15) is 38.1 Å². The van der Waals surface area contributed by atoms with Crippen molar-refractivity contribution in [3.8, 4) is 0 Å². The zero-order chi connectivity index (χ0) is 23.7. The van der Waals surface area contributed by atoms with Gasteiger partial charge in [0.1, 0.15) is 25.5 Å². The molecule has 0 aromatic heterocycles. The molecule has 1 aliphatic heterocycles. The Balaban J connectivity index is 2.04. The van der Waals surface area contributed by atoms with Crippen LogP contribution in [0.5, 0.6) is 0 Å². The number of nitrogens with one attached hydrogen (secondary N) is 2. The first-order valence-corrected chi connectivity index (χ1v) is 10.3. The minimum absolute atomic E-state index is 0.0371. The van der Waals surface area contributed by atoms with Crippen molar-refractivity contribution in [2.45, 2.75) is 52.2 Å². The summed E-state index contributed by atoms with van der Waals surface area (Å²) < 4.78 is 22.1. The maximum absolute atomic E-state index is 12.2. The molecule has 0 spiro atoms. The van der Waals surface area contributed by atoms with Crippen LogP contribution in [-0.2, 0) is 33.3 Å². The van der Waals surface area contributed by atoms with Gasteiger partial charge in [-0.25, -0.2) is 0 Å². The molecule has 2 rings (SSSR count). The number of carbonyl (C=O) groups is 4. The van der Waals surface area contributed by atoms with Gasteiger partial charge in [-0.2, -0.15) is 0 Å². The third kappa shape index (κ3) is 7.70. The normalized spacial score (nSPS) is 24.9. The van der Waals surface area contributed by atoms with Crippen LogP contribution in [0.15, 0.2) is 30.3 Å². The quantitative estimate of drug-likeness (QED) is 0.230. The Morgan fingerprint density at radius 3 is 2.31 bits per heavy atom. The molecule has 0 radical (unpaired) electrons. The molecule has 1 fully saturated rings. The van der Waals surface area contributed by atoms with Crippen LogP contribution in [0.25, 0.3) is 0 Å². The van der Waals surface area contributed by atoms with E-state index in [1.165, 1.54) is 20.8 Å². The number of esters is 2. The molecular weight excluding hydrogens is 420 g/mol. The number of ether oxygens (including phenoxy) is 4. The summed E-state index contributed by atoms with van der Waals surface area (Å²) >= 11 is 0. The van der Waals surface area contributed by atoms with Gasteiger partial charge in [-0.3, -0.25) is 24.5 Å². The fraction of sp³-hybridized carbons (Fsp3) is 0.545. The van der Waals surface area contributed by atoms with Crippen molar-refractivity contribution >= 4 is 23.6 Å². The van der Waals surface area contributed by atoms with Gasteiger partial charge in [-0.05, 0) is 0 Å². The van der Waals surface area contributed by atoms with E-state index in [1.807, 2.05) is 6.07 Å². The Hall–Kier alpha value is -2.82. The zero-order valence-corrected chi connectivity index (χ0v) is 18.7. The van der Waals surface area contributed by atoms with E-state index in [9.17, 15) is 19.2 Å². The largest absolute Gasteiger partial charge is 0.463 e. The van der Waals surface area contributed by atoms with E-state index in [0.29, 0.717) is 5.56 Å². The van der Waals surface area contributed by atoms with Gasteiger partial charge in [0, 0.05) is 32.3 Å². The van der Waals surface area contributed by atoms with Crippen molar-refractivity contribution in [3.63, 3.8) is 0 Å². The Morgan fingerprint density at radius 1 is 1.03 bits per heavy atom. The number of benzene rings is 1. The highest BCUT2D eigenvalue weighted by atomic mass is 16.7. The zero-order valence-electron chi connectivity index (χ0n) is 18.7. The first-order valence-electron chi connectivity index (χ1n) is 10.3. The lowest BCUT2D eigenvalue weighted by atomic mass is 9.88. The Morgan fingerprint density at radius 2 is 1.72 bits per heavy atom. The van der Waals surface area contributed by atoms with Crippen LogP contribution in [0.3, 0.4) is 0 Å². The van der Waals surface area contributed by atoms with Crippen LogP contribution in [0.4, 0.5) is 0 Å². The number of hydrogen-bond donors (Lipinski definition) is 2. The van der Waals surface area contributed by atoms with E-state index < -0.39 is 42.4 Å². The monoisotopic (exact) mass is 450 g/mol. The first-order chi connectivity index (χ1) is 15.2. The molecule has 0 aliphatic carbocycles. The number of carbonyl (C=O) groups excluding carboxylic acids is 4. The lowest BCUT2D eigenvalue weighted by Gasteiger charge is -2.44. The third-order valence-electron chi connectivity index (χ3n) is 4.91. The van der Waals surface area contributed by atoms with Crippen LogP contribution in [0.2, 0.25) is 0 Å². The average molecular weight is 450 g/mol. The molecule has 2 unspecified atom stereocenters. The summed E-state index contributed by atoms with van der Waals surface area (Å²) in [5.41, 5.74) is 0.573. The lowest BCUT2D eigenvalue weighted by Crippen LogP contribution is -2.62. The second-order valence-corrected chi connectivity index (χ2v) is 7.53. The van der Waals surface area contributed by atoms with E-state index in [-0.39, 0.29) is 31.6 Å². The van der Waals surface area contributed by atoms with Gasteiger partial charge in [-0.1, -0.05) is 37.3 Å². The summed E-state index contributed by atoms with van der Waals surface area (Å²) in [5, 5.41) is 5.66. The molecule has 1 amide bonds. The lowest BCUT2D eigenvalue weighted by molar-refractivity contribution is -0.264. The van der Waals surface area contributed by atoms with E-state index in [0.717, 1.165) is 0 Å². The average Bonchev–Trinajstić information content (AvgIpc) is 2.74. The molecule has 1 aromatic carbocycles. The Bertz CT molecular complexity index is 798. The molecule has 1 heterocycles. The topological polar surface area (TPSA) is 129 Å². The highest BCUT2D eigenvalue weighted by molar-refractivity contribution is 5.97. The fourth-order valence-electron chi connectivity index (χ4n) is 3.44. The van der Waals surface area contributed by atoms with Gasteiger partial charge < -0.3 is 24.3 Å². The predicted octanol–water partition coefficient (Wildman–Crippen LogP) is 0.794. The Labute approximate surface area is 186 Å². The molecule has 5 atom stereocenters. The highest BCUT2D eigenvalue weighted by Gasteiger charge is 2.47. The van der Waals surface area contributed by atoms with Crippen LogP contribution in [0, 0.1) is 5.92 Å². The summed E-state index contributed by atoms with van der Waals surface area (Å²) in [7, 11) is 0. The van der Waals surface area contributed by atoms with Crippen molar-refractivity contribution in [1.29, 1.82) is 0 Å². The molecular formula is C22H30N2O8. The SMILES string of the molecule is CC(=O)NC1[C@H](OCNCC(=O)c2ccccc2)OC(COC(C)=O)[C@H](OC(C)=O)[C@@H]1C. The molecule has 10 heteroatoms. The standard InChI is InChI=1S/C22H30N2O8/c1-13-20(24-14(2)25)22(30-12-23-10-18(28)17-8-6-5-7-9-17)32-19(11-29-15(3)26)21(13)31-16(4)27/h5-9,13,19-23H,10-12H2,1-4H3,(H,24,25)/t13-,19?,20?,21-,22-/m1/s1. The molecule has 1 aromatic rings. The van der Waals surface area contributed by atoms with Gasteiger partial charge >= 0.3 is 11.9 Å².